The van der Waals surface area contributed by atoms with Crippen LogP contribution in [0.5, 0.6) is 0 Å². The van der Waals surface area contributed by atoms with Gasteiger partial charge in [0, 0.05) is 5.69 Å². The number of nitrogens with one attached hydrogen (secondary N) is 2. The first-order valence-electron chi connectivity index (χ1n) is 8.06. The molecule has 0 spiro atoms. The zero-order valence-electron chi connectivity index (χ0n) is 14.3. The van der Waals surface area contributed by atoms with Gasteiger partial charge in [0.1, 0.15) is 12.4 Å². The predicted octanol–water partition coefficient (Wildman–Crippen LogP) is 2.30. The molecular formula is C19H19FN2O4. The van der Waals surface area contributed by atoms with E-state index in [0.717, 1.165) is 18.1 Å². The Morgan fingerprint density at radius 3 is 2.38 bits per heavy atom. The molecule has 0 aliphatic heterocycles. The Bertz CT molecular complexity index is 790. The van der Waals surface area contributed by atoms with Gasteiger partial charge in [-0.2, -0.15) is 0 Å². The van der Waals surface area contributed by atoms with E-state index < -0.39 is 36.8 Å². The zero-order valence-corrected chi connectivity index (χ0v) is 14.3. The minimum atomic E-state index is -0.800. The highest BCUT2D eigenvalue weighted by molar-refractivity contribution is 5.96. The average molecular weight is 358 g/mol. The average Bonchev–Trinajstić information content (AvgIpc) is 2.65. The second-order valence-electron chi connectivity index (χ2n) is 5.42. The lowest BCUT2D eigenvalue weighted by Crippen LogP contribution is -2.32. The van der Waals surface area contributed by atoms with E-state index in [9.17, 15) is 18.8 Å². The van der Waals surface area contributed by atoms with Crippen molar-refractivity contribution in [2.45, 2.75) is 13.3 Å². The zero-order chi connectivity index (χ0) is 18.9. The molecule has 26 heavy (non-hydrogen) atoms. The monoisotopic (exact) mass is 358 g/mol. The molecule has 0 bridgehead atoms. The minimum Gasteiger partial charge on any atom is -0.454 e. The van der Waals surface area contributed by atoms with Crippen molar-refractivity contribution in [3.8, 4) is 0 Å². The molecule has 2 amide bonds. The molecule has 0 saturated carbocycles. The minimum absolute atomic E-state index is 0.173. The molecule has 0 unspecified atom stereocenters. The number of rotatable bonds is 7. The number of carbonyl (C=O) groups is 3. The van der Waals surface area contributed by atoms with Crippen molar-refractivity contribution < 1.29 is 23.5 Å². The van der Waals surface area contributed by atoms with Crippen molar-refractivity contribution >= 4 is 23.5 Å². The van der Waals surface area contributed by atoms with Crippen LogP contribution in [-0.2, 0) is 20.7 Å². The molecule has 2 N–H and O–H groups in total. The number of aryl methyl sites for hydroxylation is 1. The molecule has 6 nitrogen and oxygen atoms in total. The number of halogens is 1. The van der Waals surface area contributed by atoms with Crippen molar-refractivity contribution in [2.75, 3.05) is 18.5 Å². The summed E-state index contributed by atoms with van der Waals surface area (Å²) in [5.41, 5.74) is 1.56. The summed E-state index contributed by atoms with van der Waals surface area (Å²) in [5, 5.41) is 4.83. The van der Waals surface area contributed by atoms with Crippen molar-refractivity contribution in [1.82, 2.24) is 5.32 Å². The van der Waals surface area contributed by atoms with Gasteiger partial charge in [-0.3, -0.25) is 14.4 Å². The highest BCUT2D eigenvalue weighted by atomic mass is 19.1. The second kappa shape index (κ2) is 9.31. The van der Waals surface area contributed by atoms with E-state index >= 15 is 0 Å². The van der Waals surface area contributed by atoms with Gasteiger partial charge in [-0.15, -0.1) is 0 Å². The number of esters is 1. The van der Waals surface area contributed by atoms with Crippen LogP contribution in [0.1, 0.15) is 22.8 Å². The lowest BCUT2D eigenvalue weighted by atomic mass is 10.1. The molecule has 0 aliphatic carbocycles. The molecule has 0 heterocycles. The molecule has 0 atom stereocenters. The Morgan fingerprint density at radius 1 is 1.04 bits per heavy atom. The lowest BCUT2D eigenvalue weighted by molar-refractivity contribution is -0.146. The van der Waals surface area contributed by atoms with Gasteiger partial charge < -0.3 is 15.4 Å². The molecule has 0 radical (unpaired) electrons. The molecule has 0 saturated heterocycles. The summed E-state index contributed by atoms with van der Waals surface area (Å²) in [6.45, 7) is 1.08. The lowest BCUT2D eigenvalue weighted by Gasteiger charge is -2.08. The smallest absolute Gasteiger partial charge is 0.325 e. The Hall–Kier alpha value is -3.22. The van der Waals surface area contributed by atoms with Crippen molar-refractivity contribution in [2.24, 2.45) is 0 Å². The highest BCUT2D eigenvalue weighted by Gasteiger charge is 2.13. The SMILES string of the molecule is CCc1ccc(NC(=O)COC(=O)CNC(=O)c2ccccc2F)cc1. The summed E-state index contributed by atoms with van der Waals surface area (Å²) >= 11 is 0. The van der Waals surface area contributed by atoms with Gasteiger partial charge in [0.05, 0.1) is 5.56 Å². The first kappa shape index (κ1) is 19.1. The maximum absolute atomic E-state index is 13.4. The summed E-state index contributed by atoms with van der Waals surface area (Å²) in [4.78, 5) is 35.1. The van der Waals surface area contributed by atoms with Crippen LogP contribution in [0.25, 0.3) is 0 Å². The van der Waals surface area contributed by atoms with Gasteiger partial charge in [-0.25, -0.2) is 4.39 Å². The summed E-state index contributed by atoms with van der Waals surface area (Å²) in [5.74, 6) is -2.72. The van der Waals surface area contributed by atoms with E-state index in [2.05, 4.69) is 10.6 Å². The maximum Gasteiger partial charge on any atom is 0.325 e. The van der Waals surface area contributed by atoms with Crippen LogP contribution in [0.3, 0.4) is 0 Å². The molecule has 2 aromatic rings. The van der Waals surface area contributed by atoms with Crippen LogP contribution in [0.4, 0.5) is 10.1 Å². The topological polar surface area (TPSA) is 84.5 Å². The second-order valence-corrected chi connectivity index (χ2v) is 5.42. The van der Waals surface area contributed by atoms with Crippen LogP contribution in [-0.4, -0.2) is 30.9 Å². The summed E-state index contributed by atoms with van der Waals surface area (Å²) in [6.07, 6.45) is 0.893. The van der Waals surface area contributed by atoms with Gasteiger partial charge in [0.15, 0.2) is 6.61 Å². The van der Waals surface area contributed by atoms with Crippen LogP contribution >= 0.6 is 0 Å². The van der Waals surface area contributed by atoms with Gasteiger partial charge >= 0.3 is 5.97 Å². The van der Waals surface area contributed by atoms with Crippen molar-refractivity contribution in [1.29, 1.82) is 0 Å². The van der Waals surface area contributed by atoms with E-state index in [1.807, 2.05) is 19.1 Å². The predicted molar refractivity (Wildman–Crippen MR) is 94.1 cm³/mol. The number of carbonyl (C=O) groups excluding carboxylic acids is 3. The molecule has 2 aromatic carbocycles. The largest absolute Gasteiger partial charge is 0.454 e. The number of ether oxygens (including phenoxy) is 1. The molecule has 0 fully saturated rings. The third kappa shape index (κ3) is 5.70. The first-order chi connectivity index (χ1) is 12.5. The maximum atomic E-state index is 13.4. The summed E-state index contributed by atoms with van der Waals surface area (Å²) in [7, 11) is 0. The van der Waals surface area contributed by atoms with Gasteiger partial charge in [-0.1, -0.05) is 31.2 Å². The Balaban J connectivity index is 1.73. The quantitative estimate of drug-likeness (QED) is 0.744. The molecule has 0 aliphatic rings. The molecule has 136 valence electrons. The number of anilines is 1. The first-order valence-corrected chi connectivity index (χ1v) is 8.06. The number of hydrogen-bond acceptors (Lipinski definition) is 4. The third-order valence-corrected chi connectivity index (χ3v) is 3.52. The fraction of sp³-hybridized carbons (Fsp3) is 0.211. The van der Waals surface area contributed by atoms with Crippen LogP contribution < -0.4 is 10.6 Å². The Kier molecular flexibility index (Phi) is 6.84. The molecule has 2 rings (SSSR count). The Labute approximate surface area is 150 Å². The summed E-state index contributed by atoms with van der Waals surface area (Å²) < 4.78 is 18.2. The van der Waals surface area contributed by atoms with E-state index in [1.54, 1.807) is 12.1 Å². The number of amides is 2. The molecule has 7 heteroatoms. The normalized spacial score (nSPS) is 10.1. The standard InChI is InChI=1S/C19H19FN2O4/c1-2-13-7-9-14(10-8-13)22-17(23)12-26-18(24)11-21-19(25)15-5-3-4-6-16(15)20/h3-10H,2,11-12H2,1H3,(H,21,25)(H,22,23). The third-order valence-electron chi connectivity index (χ3n) is 3.52. The van der Waals surface area contributed by atoms with E-state index in [0.29, 0.717) is 5.69 Å². The molecule has 0 aromatic heterocycles. The van der Waals surface area contributed by atoms with Crippen molar-refractivity contribution in [3.05, 3.63) is 65.5 Å². The van der Waals surface area contributed by atoms with Crippen molar-refractivity contribution in [3.63, 3.8) is 0 Å². The highest BCUT2D eigenvalue weighted by Crippen LogP contribution is 2.09. The van der Waals surface area contributed by atoms with E-state index in [4.69, 9.17) is 4.74 Å². The van der Waals surface area contributed by atoms with Gasteiger partial charge in [-0.05, 0) is 36.2 Å². The summed E-state index contributed by atoms with van der Waals surface area (Å²) in [6, 6.07) is 12.7. The Morgan fingerprint density at radius 2 is 1.73 bits per heavy atom. The van der Waals surface area contributed by atoms with Gasteiger partial charge in [0.2, 0.25) is 0 Å². The van der Waals surface area contributed by atoms with E-state index in [1.165, 1.54) is 18.2 Å². The molecular weight excluding hydrogens is 339 g/mol. The van der Waals surface area contributed by atoms with Gasteiger partial charge in [0.25, 0.3) is 11.8 Å². The number of benzene rings is 2. The van der Waals surface area contributed by atoms with Crippen LogP contribution in [0, 0.1) is 5.82 Å². The van der Waals surface area contributed by atoms with E-state index in [-0.39, 0.29) is 5.56 Å². The fourth-order valence-electron chi connectivity index (χ4n) is 2.11. The van der Waals surface area contributed by atoms with Crippen LogP contribution in [0.2, 0.25) is 0 Å². The fourth-order valence-corrected chi connectivity index (χ4v) is 2.11. The number of hydrogen-bond donors (Lipinski definition) is 2. The van der Waals surface area contributed by atoms with Crippen LogP contribution in [0.15, 0.2) is 48.5 Å².